The largest absolute Gasteiger partial charge is 0.457 e. The molecule has 2 aromatic carbocycles. The van der Waals surface area contributed by atoms with Gasteiger partial charge in [-0.2, -0.15) is 0 Å². The van der Waals surface area contributed by atoms with Gasteiger partial charge in [0.1, 0.15) is 29.3 Å². The van der Waals surface area contributed by atoms with E-state index < -0.39 is 0 Å². The molecule has 0 radical (unpaired) electrons. The number of carbonyl (C=O) groups excluding carboxylic acids is 1. The van der Waals surface area contributed by atoms with Crippen molar-refractivity contribution in [3.8, 4) is 22.6 Å². The highest BCUT2D eigenvalue weighted by atomic mass is 16.5. The van der Waals surface area contributed by atoms with Gasteiger partial charge in [0, 0.05) is 30.4 Å². The van der Waals surface area contributed by atoms with Gasteiger partial charge >= 0.3 is 0 Å². The molecule has 1 amide bonds. The first-order valence-corrected chi connectivity index (χ1v) is 12.6. The summed E-state index contributed by atoms with van der Waals surface area (Å²) >= 11 is 0. The summed E-state index contributed by atoms with van der Waals surface area (Å²) in [4.78, 5) is 20.9. The third-order valence-electron chi connectivity index (χ3n) is 7.36. The summed E-state index contributed by atoms with van der Waals surface area (Å²) in [5.41, 5.74) is 9.30. The maximum Gasteiger partial charge on any atom is 0.237 e. The average Bonchev–Trinajstić information content (AvgIpc) is 3.50. The zero-order valence-electron chi connectivity index (χ0n) is 20.1. The smallest absolute Gasteiger partial charge is 0.237 e. The Labute approximate surface area is 209 Å². The molecule has 1 aliphatic carbocycles. The van der Waals surface area contributed by atoms with Crippen LogP contribution in [0.5, 0.6) is 11.5 Å². The molecule has 36 heavy (non-hydrogen) atoms. The van der Waals surface area contributed by atoms with Crippen molar-refractivity contribution in [2.24, 2.45) is 0 Å². The zero-order chi connectivity index (χ0) is 24.5. The fourth-order valence-corrected chi connectivity index (χ4v) is 5.49. The van der Waals surface area contributed by atoms with Crippen LogP contribution in [0.4, 0.5) is 5.82 Å². The lowest BCUT2D eigenvalue weighted by molar-refractivity contribution is -0.121. The van der Waals surface area contributed by atoms with Gasteiger partial charge in [0.05, 0.1) is 11.4 Å². The number of ether oxygens (including phenoxy) is 1. The Hall–Kier alpha value is -3.91. The Balaban J connectivity index is 1.23. The van der Waals surface area contributed by atoms with Gasteiger partial charge in [-0.15, -0.1) is 0 Å². The number of para-hydroxylation sites is 1. The number of benzene rings is 2. The average molecular weight is 483 g/mol. The van der Waals surface area contributed by atoms with Crippen molar-refractivity contribution < 1.29 is 9.53 Å². The van der Waals surface area contributed by atoms with Crippen LogP contribution >= 0.6 is 0 Å². The number of aromatic nitrogens is 3. The second kappa shape index (κ2) is 9.62. The quantitative estimate of drug-likeness (QED) is 0.375. The summed E-state index contributed by atoms with van der Waals surface area (Å²) in [5, 5.41) is 7.36. The van der Waals surface area contributed by atoms with Crippen molar-refractivity contribution in [2.45, 2.75) is 50.2 Å². The van der Waals surface area contributed by atoms with Crippen LogP contribution in [0.2, 0.25) is 0 Å². The fourth-order valence-electron chi connectivity index (χ4n) is 5.49. The van der Waals surface area contributed by atoms with E-state index >= 15 is 0 Å². The Kier molecular flexibility index (Phi) is 6.03. The predicted octanol–water partition coefficient (Wildman–Crippen LogP) is 4.43. The molecule has 1 saturated heterocycles. The molecule has 2 aromatic heterocycles. The van der Waals surface area contributed by atoms with E-state index in [0.29, 0.717) is 17.9 Å². The summed E-state index contributed by atoms with van der Waals surface area (Å²) in [6.45, 7) is 0.768. The molecule has 4 N–H and O–H groups in total. The number of amides is 1. The van der Waals surface area contributed by atoms with Gasteiger partial charge in [0.2, 0.25) is 5.91 Å². The van der Waals surface area contributed by atoms with Crippen molar-refractivity contribution in [1.29, 1.82) is 0 Å². The van der Waals surface area contributed by atoms with E-state index in [-0.39, 0.29) is 11.9 Å². The van der Waals surface area contributed by atoms with Crippen LogP contribution in [-0.2, 0) is 4.79 Å². The van der Waals surface area contributed by atoms with Crippen LogP contribution in [-0.4, -0.2) is 39.1 Å². The molecule has 1 saturated carbocycles. The standard InChI is InChI=1S/C28H30N6O2/c29-26-25-23(18-6-12-22(13-7-18)36-21-4-2-1-3-5-21)16-34(27(25)32-17-31-26)20-10-8-19(9-11-20)33-24-14-15-30-28(24)35/h1-7,12-13,16-17,19-20,24,33H,8-11,14-15H2,(H,30,35)(H2,29,31,32)/t19?,20?,24-/m0/s1. The molecule has 0 bridgehead atoms. The minimum absolute atomic E-state index is 0.0491. The highest BCUT2D eigenvalue weighted by Gasteiger charge is 2.30. The van der Waals surface area contributed by atoms with Crippen molar-refractivity contribution >= 4 is 22.8 Å². The molecule has 4 aromatic rings. The van der Waals surface area contributed by atoms with Gasteiger partial charge in [-0.1, -0.05) is 30.3 Å². The third kappa shape index (κ3) is 4.40. The number of nitrogen functional groups attached to an aromatic ring is 1. The van der Waals surface area contributed by atoms with Gasteiger partial charge in [-0.25, -0.2) is 9.97 Å². The van der Waals surface area contributed by atoms with E-state index in [4.69, 9.17) is 10.5 Å². The Bertz CT molecular complexity index is 1360. The van der Waals surface area contributed by atoms with E-state index in [1.807, 2.05) is 42.5 Å². The second-order valence-corrected chi connectivity index (χ2v) is 9.65. The monoisotopic (exact) mass is 482 g/mol. The summed E-state index contributed by atoms with van der Waals surface area (Å²) in [5.74, 6) is 2.20. The first-order valence-electron chi connectivity index (χ1n) is 12.6. The van der Waals surface area contributed by atoms with E-state index in [2.05, 4.69) is 43.5 Å². The number of hydrogen-bond donors (Lipinski definition) is 3. The van der Waals surface area contributed by atoms with E-state index in [1.165, 1.54) is 0 Å². The Morgan fingerprint density at radius 3 is 2.42 bits per heavy atom. The van der Waals surface area contributed by atoms with Crippen LogP contribution in [0.15, 0.2) is 67.1 Å². The molecular formula is C28H30N6O2. The lowest BCUT2D eigenvalue weighted by Gasteiger charge is -2.31. The molecule has 3 heterocycles. The number of nitrogens with zero attached hydrogens (tertiary/aromatic N) is 3. The molecule has 2 aliphatic rings. The van der Waals surface area contributed by atoms with Gasteiger partial charge < -0.3 is 25.7 Å². The molecule has 8 heteroatoms. The van der Waals surface area contributed by atoms with E-state index in [0.717, 1.165) is 72.3 Å². The summed E-state index contributed by atoms with van der Waals surface area (Å²) < 4.78 is 8.23. The van der Waals surface area contributed by atoms with E-state index in [1.54, 1.807) is 6.33 Å². The first-order chi connectivity index (χ1) is 17.7. The topological polar surface area (TPSA) is 107 Å². The molecule has 1 aliphatic heterocycles. The normalized spacial score (nSPS) is 22.0. The van der Waals surface area contributed by atoms with Crippen molar-refractivity contribution in [3.63, 3.8) is 0 Å². The molecule has 184 valence electrons. The first kappa shape index (κ1) is 22.5. The predicted molar refractivity (Wildman–Crippen MR) is 140 cm³/mol. The maximum absolute atomic E-state index is 12.0. The number of hydrogen-bond acceptors (Lipinski definition) is 6. The van der Waals surface area contributed by atoms with Gasteiger partial charge in [-0.3, -0.25) is 4.79 Å². The van der Waals surface area contributed by atoms with Crippen LogP contribution in [0.25, 0.3) is 22.2 Å². The van der Waals surface area contributed by atoms with Gasteiger partial charge in [0.15, 0.2) is 0 Å². The SMILES string of the molecule is Nc1ncnc2c1c(-c1ccc(Oc3ccccc3)cc1)cn2C1CCC(N[C@H]2CCNC2=O)CC1. The third-order valence-corrected chi connectivity index (χ3v) is 7.36. The molecule has 0 unspecified atom stereocenters. The molecule has 6 rings (SSSR count). The molecule has 0 spiro atoms. The number of rotatable bonds is 6. The van der Waals surface area contributed by atoms with Crippen LogP contribution in [0, 0.1) is 0 Å². The number of carbonyl (C=O) groups is 1. The van der Waals surface area contributed by atoms with Crippen LogP contribution in [0.3, 0.4) is 0 Å². The maximum atomic E-state index is 12.0. The van der Waals surface area contributed by atoms with Crippen molar-refractivity contribution in [3.05, 3.63) is 67.1 Å². The van der Waals surface area contributed by atoms with Crippen molar-refractivity contribution in [2.75, 3.05) is 12.3 Å². The van der Waals surface area contributed by atoms with Crippen LogP contribution < -0.4 is 21.1 Å². The Morgan fingerprint density at radius 2 is 1.69 bits per heavy atom. The molecule has 1 atom stereocenters. The second-order valence-electron chi connectivity index (χ2n) is 9.65. The minimum atomic E-state index is -0.0491. The zero-order valence-corrected chi connectivity index (χ0v) is 20.1. The molecule has 8 nitrogen and oxygen atoms in total. The van der Waals surface area contributed by atoms with Gasteiger partial charge in [0.25, 0.3) is 0 Å². The number of nitrogens with one attached hydrogen (secondary N) is 2. The highest BCUT2D eigenvalue weighted by Crippen LogP contribution is 2.38. The van der Waals surface area contributed by atoms with Gasteiger partial charge in [-0.05, 0) is 61.9 Å². The summed E-state index contributed by atoms with van der Waals surface area (Å²) in [7, 11) is 0. The fraction of sp³-hybridized carbons (Fsp3) is 0.321. The Morgan fingerprint density at radius 1 is 0.944 bits per heavy atom. The van der Waals surface area contributed by atoms with Crippen LogP contribution in [0.1, 0.15) is 38.1 Å². The highest BCUT2D eigenvalue weighted by molar-refractivity contribution is 6.00. The van der Waals surface area contributed by atoms with E-state index in [9.17, 15) is 4.79 Å². The minimum Gasteiger partial charge on any atom is -0.457 e. The number of fused-ring (bicyclic) bond motifs is 1. The summed E-state index contributed by atoms with van der Waals surface area (Å²) in [6.07, 6.45) is 8.67. The lowest BCUT2D eigenvalue weighted by atomic mass is 9.90. The number of anilines is 1. The van der Waals surface area contributed by atoms with Crippen molar-refractivity contribution in [1.82, 2.24) is 25.2 Å². The summed E-state index contributed by atoms with van der Waals surface area (Å²) in [6, 6.07) is 18.4. The molecule has 2 fully saturated rings. The lowest BCUT2D eigenvalue weighted by Crippen LogP contribution is -2.44. The number of nitrogens with two attached hydrogens (primary N) is 1. The molecular weight excluding hydrogens is 452 g/mol.